The quantitative estimate of drug-likeness (QED) is 0.537. The van der Waals surface area contributed by atoms with E-state index >= 15 is 0 Å². The Morgan fingerprint density at radius 2 is 2.16 bits per heavy atom. The Morgan fingerprint density at radius 3 is 2.88 bits per heavy atom. The van der Waals surface area contributed by atoms with Crippen LogP contribution in [0.25, 0.3) is 0 Å². The van der Waals surface area contributed by atoms with Crippen LogP contribution in [0.1, 0.15) is 62.8 Å². The summed E-state index contributed by atoms with van der Waals surface area (Å²) in [7, 11) is 0. The zero-order valence-corrected chi connectivity index (χ0v) is 15.2. The summed E-state index contributed by atoms with van der Waals surface area (Å²) in [5, 5.41) is 8.76. The molecule has 0 bridgehead atoms. The molecule has 1 atom stereocenters. The van der Waals surface area contributed by atoms with Gasteiger partial charge in [0.2, 0.25) is 0 Å². The van der Waals surface area contributed by atoms with Crippen molar-refractivity contribution in [2.75, 3.05) is 0 Å². The minimum Gasteiger partial charge on any atom is -0.481 e. The van der Waals surface area contributed by atoms with Crippen LogP contribution in [0.4, 0.5) is 0 Å². The van der Waals surface area contributed by atoms with Crippen molar-refractivity contribution in [1.82, 2.24) is 0 Å². The fourth-order valence-electron chi connectivity index (χ4n) is 2.93. The number of carboxylic acid groups (broad SMARTS) is 1. The molecular weight excluding hydrogens is 316 g/mol. The van der Waals surface area contributed by atoms with E-state index < -0.39 is 5.97 Å². The van der Waals surface area contributed by atoms with Crippen molar-refractivity contribution < 1.29 is 18.7 Å². The van der Waals surface area contributed by atoms with Crippen molar-refractivity contribution >= 4 is 5.97 Å². The molecule has 2 rings (SSSR count). The molecule has 0 fully saturated rings. The van der Waals surface area contributed by atoms with Gasteiger partial charge in [0.05, 0.1) is 18.8 Å². The lowest BCUT2D eigenvalue weighted by atomic mass is 10.00. The van der Waals surface area contributed by atoms with Gasteiger partial charge in [-0.25, -0.2) is 0 Å². The molecule has 1 unspecified atom stereocenters. The van der Waals surface area contributed by atoms with E-state index in [2.05, 4.69) is 19.1 Å². The zero-order valence-electron chi connectivity index (χ0n) is 15.2. The summed E-state index contributed by atoms with van der Waals surface area (Å²) in [4.78, 5) is 10.6. The van der Waals surface area contributed by atoms with E-state index in [9.17, 15) is 4.79 Å². The highest BCUT2D eigenvalue weighted by Gasteiger charge is 2.07. The van der Waals surface area contributed by atoms with Crippen LogP contribution in [0, 0.1) is 5.92 Å². The Balaban J connectivity index is 1.65. The Bertz CT molecular complexity index is 664. The van der Waals surface area contributed by atoms with E-state index in [0.29, 0.717) is 0 Å². The molecule has 0 aliphatic carbocycles. The maximum Gasteiger partial charge on any atom is 0.303 e. The first-order valence-corrected chi connectivity index (χ1v) is 8.97. The molecule has 2 heterocycles. The van der Waals surface area contributed by atoms with Crippen molar-refractivity contribution in [2.24, 2.45) is 5.92 Å². The normalized spacial score (nSPS) is 13.1. The molecule has 2 aromatic heterocycles. The lowest BCUT2D eigenvalue weighted by Gasteiger charge is -2.06. The standard InChI is InChI=1S/C21H28O4/c1-16(5-3-7-17(2)11-21(22)23)6-4-8-18-12-20(25-15-18)13-19-9-10-24-14-19/h5,9-10,12,14-15,17H,3-4,6-8,11,13H2,1-2H3,(H,22,23). The number of furan rings is 2. The average molecular weight is 344 g/mol. The summed E-state index contributed by atoms with van der Waals surface area (Å²) < 4.78 is 10.7. The summed E-state index contributed by atoms with van der Waals surface area (Å²) in [6.07, 6.45) is 13.6. The second-order valence-corrected chi connectivity index (χ2v) is 6.91. The summed E-state index contributed by atoms with van der Waals surface area (Å²) in [6.45, 7) is 4.15. The van der Waals surface area contributed by atoms with Gasteiger partial charge in [0.25, 0.3) is 0 Å². The van der Waals surface area contributed by atoms with Crippen LogP contribution >= 0.6 is 0 Å². The van der Waals surface area contributed by atoms with Crippen LogP contribution in [0.3, 0.4) is 0 Å². The summed E-state index contributed by atoms with van der Waals surface area (Å²) in [5.41, 5.74) is 3.74. The lowest BCUT2D eigenvalue weighted by molar-refractivity contribution is -0.138. The third kappa shape index (κ3) is 7.46. The van der Waals surface area contributed by atoms with Gasteiger partial charge in [-0.1, -0.05) is 18.6 Å². The number of carbonyl (C=O) groups is 1. The highest BCUT2D eigenvalue weighted by Crippen LogP contribution is 2.17. The molecule has 0 aromatic carbocycles. The van der Waals surface area contributed by atoms with Gasteiger partial charge >= 0.3 is 5.97 Å². The molecule has 0 aliphatic heterocycles. The minimum atomic E-state index is -0.708. The predicted octanol–water partition coefficient (Wildman–Crippen LogP) is 5.62. The molecule has 0 aliphatic rings. The molecule has 4 heteroatoms. The fraction of sp³-hybridized carbons (Fsp3) is 0.476. The second-order valence-electron chi connectivity index (χ2n) is 6.91. The topological polar surface area (TPSA) is 63.6 Å². The highest BCUT2D eigenvalue weighted by atomic mass is 16.4. The van der Waals surface area contributed by atoms with Crippen LogP contribution in [0.15, 0.2) is 51.4 Å². The number of hydrogen-bond donors (Lipinski definition) is 1. The van der Waals surface area contributed by atoms with Crippen LogP contribution in [0.5, 0.6) is 0 Å². The first kappa shape index (κ1) is 19.1. The summed E-state index contributed by atoms with van der Waals surface area (Å²) in [6, 6.07) is 4.08. The summed E-state index contributed by atoms with van der Waals surface area (Å²) in [5.74, 6) is 0.498. The van der Waals surface area contributed by atoms with Gasteiger partial charge in [-0.2, -0.15) is 0 Å². The van der Waals surface area contributed by atoms with Crippen molar-refractivity contribution in [3.8, 4) is 0 Å². The van der Waals surface area contributed by atoms with Crippen molar-refractivity contribution in [3.05, 3.63) is 59.5 Å². The molecule has 0 saturated heterocycles. The second kappa shape index (κ2) is 9.92. The number of hydrogen-bond acceptors (Lipinski definition) is 3. The first-order valence-electron chi connectivity index (χ1n) is 8.97. The maximum atomic E-state index is 10.6. The number of allylic oxidation sites excluding steroid dienone is 2. The Kier molecular flexibility index (Phi) is 7.58. The van der Waals surface area contributed by atoms with Gasteiger partial charge in [-0.15, -0.1) is 0 Å². The van der Waals surface area contributed by atoms with Crippen LogP contribution < -0.4 is 0 Å². The van der Waals surface area contributed by atoms with Crippen molar-refractivity contribution in [3.63, 3.8) is 0 Å². The van der Waals surface area contributed by atoms with Gasteiger partial charge in [0, 0.05) is 12.8 Å². The van der Waals surface area contributed by atoms with E-state index in [1.807, 2.05) is 19.3 Å². The molecule has 1 N–H and O–H groups in total. The molecule has 2 aromatic rings. The molecule has 0 saturated carbocycles. The van der Waals surface area contributed by atoms with Crippen molar-refractivity contribution in [2.45, 2.75) is 58.8 Å². The fourth-order valence-corrected chi connectivity index (χ4v) is 2.93. The van der Waals surface area contributed by atoms with Crippen LogP contribution in [-0.4, -0.2) is 11.1 Å². The largest absolute Gasteiger partial charge is 0.481 e. The maximum absolute atomic E-state index is 10.6. The van der Waals surface area contributed by atoms with E-state index in [-0.39, 0.29) is 12.3 Å². The SMILES string of the molecule is CC(=CCCC(C)CC(=O)O)CCCc1coc(Cc2ccoc2)c1. The molecule has 25 heavy (non-hydrogen) atoms. The smallest absolute Gasteiger partial charge is 0.303 e. The monoisotopic (exact) mass is 344 g/mol. The van der Waals surface area contributed by atoms with E-state index in [4.69, 9.17) is 13.9 Å². The summed E-state index contributed by atoms with van der Waals surface area (Å²) >= 11 is 0. The first-order chi connectivity index (χ1) is 12.0. The average Bonchev–Trinajstić information content (AvgIpc) is 3.19. The molecular formula is C21H28O4. The highest BCUT2D eigenvalue weighted by molar-refractivity contribution is 5.66. The van der Waals surface area contributed by atoms with Gasteiger partial charge in [0.1, 0.15) is 5.76 Å². The molecule has 4 nitrogen and oxygen atoms in total. The number of aliphatic carboxylic acids is 1. The van der Waals surface area contributed by atoms with E-state index in [0.717, 1.165) is 49.8 Å². The number of rotatable bonds is 11. The molecule has 0 radical (unpaired) electrons. The molecule has 0 amide bonds. The van der Waals surface area contributed by atoms with E-state index in [1.165, 1.54) is 11.1 Å². The molecule has 0 spiro atoms. The van der Waals surface area contributed by atoms with Gasteiger partial charge in [0.15, 0.2) is 0 Å². The Morgan fingerprint density at radius 1 is 1.32 bits per heavy atom. The number of carboxylic acids is 1. The predicted molar refractivity (Wildman–Crippen MR) is 97.6 cm³/mol. The van der Waals surface area contributed by atoms with Gasteiger partial charge in [-0.05, 0) is 68.2 Å². The van der Waals surface area contributed by atoms with Crippen molar-refractivity contribution in [1.29, 1.82) is 0 Å². The van der Waals surface area contributed by atoms with Gasteiger partial charge < -0.3 is 13.9 Å². The minimum absolute atomic E-state index is 0.237. The van der Waals surface area contributed by atoms with Gasteiger partial charge in [-0.3, -0.25) is 4.79 Å². The Hall–Kier alpha value is -2.23. The molecule has 136 valence electrons. The van der Waals surface area contributed by atoms with E-state index in [1.54, 1.807) is 12.5 Å². The third-order valence-corrected chi connectivity index (χ3v) is 4.38. The Labute approximate surface area is 149 Å². The van der Waals surface area contributed by atoms with Crippen LogP contribution in [0.2, 0.25) is 0 Å². The third-order valence-electron chi connectivity index (χ3n) is 4.38. The van der Waals surface area contributed by atoms with Crippen LogP contribution in [-0.2, 0) is 17.6 Å². The lowest BCUT2D eigenvalue weighted by Crippen LogP contribution is -2.03. The zero-order chi connectivity index (χ0) is 18.1. The number of aryl methyl sites for hydroxylation is 1.